The van der Waals surface area contributed by atoms with Crippen molar-refractivity contribution >= 4 is 5.91 Å². The van der Waals surface area contributed by atoms with Crippen molar-refractivity contribution in [3.05, 3.63) is 34.9 Å². The lowest BCUT2D eigenvalue weighted by Crippen LogP contribution is -2.29. The number of hydrogen-bond donors (Lipinski definition) is 1. The van der Waals surface area contributed by atoms with Crippen LogP contribution in [0.25, 0.3) is 0 Å². The number of carbonyl (C=O) groups excluding carboxylic acids is 1. The summed E-state index contributed by atoms with van der Waals surface area (Å²) in [5.74, 6) is -0.867. The summed E-state index contributed by atoms with van der Waals surface area (Å²) in [5.41, 5.74) is 2.14. The fourth-order valence-electron chi connectivity index (χ4n) is 2.70. The van der Waals surface area contributed by atoms with Gasteiger partial charge < -0.3 is 5.32 Å². The van der Waals surface area contributed by atoms with Crippen LogP contribution >= 0.6 is 0 Å². The number of amides is 1. The molecule has 1 N–H and O–H groups in total. The van der Waals surface area contributed by atoms with Gasteiger partial charge in [-0.1, -0.05) is 0 Å². The molecule has 2 aromatic rings. The van der Waals surface area contributed by atoms with E-state index in [1.807, 2.05) is 0 Å². The van der Waals surface area contributed by atoms with Gasteiger partial charge >= 0.3 is 6.18 Å². The van der Waals surface area contributed by atoms with Gasteiger partial charge in [-0.15, -0.1) is 0 Å². The lowest BCUT2D eigenvalue weighted by Gasteiger charge is -2.14. The van der Waals surface area contributed by atoms with E-state index in [1.165, 1.54) is 0 Å². The molecule has 0 aliphatic carbocycles. The summed E-state index contributed by atoms with van der Waals surface area (Å²) in [6.07, 6.45) is -2.73. The van der Waals surface area contributed by atoms with Gasteiger partial charge in [-0.25, -0.2) is 0 Å². The molecule has 0 fully saturated rings. The van der Waals surface area contributed by atoms with Gasteiger partial charge in [-0.05, 0) is 26.8 Å². The Balaban J connectivity index is 2.12. The number of nitrogens with one attached hydrogen (secondary N) is 1. The molecule has 24 heavy (non-hydrogen) atoms. The fraction of sp³-hybridized carbons (Fsp3) is 0.533. The van der Waals surface area contributed by atoms with Gasteiger partial charge in [0, 0.05) is 24.5 Å². The van der Waals surface area contributed by atoms with Crippen molar-refractivity contribution in [2.75, 3.05) is 0 Å². The van der Waals surface area contributed by atoms with Crippen LogP contribution in [0.5, 0.6) is 0 Å². The van der Waals surface area contributed by atoms with Crippen molar-refractivity contribution in [3.8, 4) is 0 Å². The van der Waals surface area contributed by atoms with Crippen molar-refractivity contribution < 1.29 is 18.0 Å². The Morgan fingerprint density at radius 3 is 2.58 bits per heavy atom. The summed E-state index contributed by atoms with van der Waals surface area (Å²) < 4.78 is 40.3. The summed E-state index contributed by atoms with van der Waals surface area (Å²) in [7, 11) is 1.76. The molecule has 0 unspecified atom stereocenters. The molecule has 6 nitrogen and oxygen atoms in total. The van der Waals surface area contributed by atoms with Crippen molar-refractivity contribution in [3.63, 3.8) is 0 Å². The first-order chi connectivity index (χ1) is 11.1. The highest BCUT2D eigenvalue weighted by Crippen LogP contribution is 2.26. The predicted octanol–water partition coefficient (Wildman–Crippen LogP) is 2.22. The molecule has 2 heterocycles. The van der Waals surface area contributed by atoms with E-state index in [0.29, 0.717) is 23.5 Å². The number of halogens is 3. The molecule has 132 valence electrons. The third-order valence-electron chi connectivity index (χ3n) is 3.96. The highest BCUT2D eigenvalue weighted by atomic mass is 19.4. The van der Waals surface area contributed by atoms with E-state index in [0.717, 1.165) is 10.4 Å². The largest absolute Gasteiger partial charge is 0.408 e. The summed E-state index contributed by atoms with van der Waals surface area (Å²) >= 11 is 0. The number of alkyl halides is 3. The van der Waals surface area contributed by atoms with Crippen LogP contribution in [0, 0.1) is 13.8 Å². The number of aryl methyl sites for hydroxylation is 2. The van der Waals surface area contributed by atoms with Crippen molar-refractivity contribution in [2.45, 2.75) is 46.0 Å². The van der Waals surface area contributed by atoms with Crippen molar-refractivity contribution in [1.29, 1.82) is 0 Å². The minimum atomic E-state index is -4.36. The lowest BCUT2D eigenvalue weighted by molar-refractivity contribution is -0.143. The second-order valence-corrected chi connectivity index (χ2v) is 5.74. The molecule has 0 radical (unpaired) electrons. The molecular formula is C15H20F3N5O. The molecule has 1 atom stereocenters. The number of aromatic nitrogens is 4. The van der Waals surface area contributed by atoms with E-state index < -0.39 is 18.6 Å². The van der Waals surface area contributed by atoms with Gasteiger partial charge in [0.1, 0.15) is 6.54 Å². The molecule has 2 rings (SSSR count). The zero-order valence-corrected chi connectivity index (χ0v) is 14.0. The Kier molecular flexibility index (Phi) is 5.00. The summed E-state index contributed by atoms with van der Waals surface area (Å²) in [6, 6.07) is 1.78. The number of nitrogens with zero attached hydrogens (tertiary/aromatic N) is 4. The zero-order valence-electron chi connectivity index (χ0n) is 14.0. The van der Waals surface area contributed by atoms with E-state index in [1.54, 1.807) is 44.8 Å². The van der Waals surface area contributed by atoms with Gasteiger partial charge in [0.05, 0.1) is 23.9 Å². The highest BCUT2D eigenvalue weighted by Gasteiger charge is 2.31. The minimum absolute atomic E-state index is 0.269. The molecule has 0 saturated heterocycles. The average molecular weight is 343 g/mol. The van der Waals surface area contributed by atoms with E-state index >= 15 is 0 Å². The molecule has 0 aromatic carbocycles. The van der Waals surface area contributed by atoms with Crippen LogP contribution in [0.4, 0.5) is 13.2 Å². The highest BCUT2D eigenvalue weighted by molar-refractivity contribution is 5.83. The van der Waals surface area contributed by atoms with Gasteiger partial charge in [0.2, 0.25) is 5.91 Å². The van der Waals surface area contributed by atoms with Gasteiger partial charge in [0.25, 0.3) is 0 Å². The zero-order chi connectivity index (χ0) is 18.1. The normalized spacial score (nSPS) is 13.1. The smallest absolute Gasteiger partial charge is 0.350 e. The molecule has 0 bridgehead atoms. The molecule has 0 saturated carbocycles. The van der Waals surface area contributed by atoms with Crippen LogP contribution in [0.3, 0.4) is 0 Å². The van der Waals surface area contributed by atoms with Gasteiger partial charge in [-0.2, -0.15) is 23.4 Å². The maximum absolute atomic E-state index is 12.6. The number of carbonyl (C=O) groups is 1. The Hall–Kier alpha value is -2.32. The summed E-state index contributed by atoms with van der Waals surface area (Å²) in [5, 5.41) is 10.7. The first-order valence-electron chi connectivity index (χ1n) is 7.45. The molecule has 0 aliphatic rings. The predicted molar refractivity (Wildman–Crippen MR) is 81.2 cm³/mol. The topological polar surface area (TPSA) is 64.7 Å². The van der Waals surface area contributed by atoms with Crippen molar-refractivity contribution in [1.82, 2.24) is 24.9 Å². The standard InChI is InChI=1S/C15H20F3N5O/c1-9(14(24)19-7-12-5-6-20-22(12)4)13-10(2)21-23(11(13)3)8-15(16,17)18/h5-6,9H,7-8H2,1-4H3,(H,19,24)/t9-/m0/s1. The molecule has 0 spiro atoms. The maximum Gasteiger partial charge on any atom is 0.408 e. The second-order valence-electron chi connectivity index (χ2n) is 5.74. The number of hydrogen-bond acceptors (Lipinski definition) is 3. The fourth-order valence-corrected chi connectivity index (χ4v) is 2.70. The summed E-state index contributed by atoms with van der Waals surface area (Å²) in [4.78, 5) is 12.3. The lowest BCUT2D eigenvalue weighted by atomic mass is 9.98. The van der Waals surface area contributed by atoms with Crippen LogP contribution in [0.15, 0.2) is 12.3 Å². The van der Waals surface area contributed by atoms with Crippen LogP contribution in [-0.4, -0.2) is 31.6 Å². The molecule has 1 amide bonds. The summed E-state index contributed by atoms with van der Waals surface area (Å²) in [6.45, 7) is 3.96. The third-order valence-corrected chi connectivity index (χ3v) is 3.96. The SMILES string of the molecule is Cc1nn(CC(F)(F)F)c(C)c1[C@H](C)C(=O)NCc1ccnn1C. The third kappa shape index (κ3) is 3.95. The Bertz CT molecular complexity index is 732. The first kappa shape index (κ1) is 18.0. The van der Waals surface area contributed by atoms with Crippen LogP contribution < -0.4 is 5.32 Å². The first-order valence-corrected chi connectivity index (χ1v) is 7.45. The molecule has 9 heteroatoms. The van der Waals surface area contributed by atoms with E-state index in [2.05, 4.69) is 15.5 Å². The van der Waals surface area contributed by atoms with Crippen LogP contribution in [0.2, 0.25) is 0 Å². The molecule has 0 aliphatic heterocycles. The van der Waals surface area contributed by atoms with Crippen LogP contribution in [-0.2, 0) is 24.9 Å². The molecule has 2 aromatic heterocycles. The van der Waals surface area contributed by atoms with E-state index in [9.17, 15) is 18.0 Å². The number of rotatable bonds is 5. The Labute approximate surface area is 137 Å². The average Bonchev–Trinajstić information content (AvgIpc) is 2.98. The molecular weight excluding hydrogens is 323 g/mol. The van der Waals surface area contributed by atoms with Gasteiger partial charge in [0.15, 0.2) is 0 Å². The van der Waals surface area contributed by atoms with Crippen molar-refractivity contribution in [2.24, 2.45) is 7.05 Å². The van der Waals surface area contributed by atoms with E-state index in [-0.39, 0.29) is 5.91 Å². The quantitative estimate of drug-likeness (QED) is 0.905. The Morgan fingerprint density at radius 2 is 2.04 bits per heavy atom. The monoisotopic (exact) mass is 343 g/mol. The minimum Gasteiger partial charge on any atom is -0.350 e. The van der Waals surface area contributed by atoms with E-state index in [4.69, 9.17) is 0 Å². The second kappa shape index (κ2) is 6.66. The van der Waals surface area contributed by atoms with Gasteiger partial charge in [-0.3, -0.25) is 14.2 Å². The van der Waals surface area contributed by atoms with Crippen LogP contribution in [0.1, 0.15) is 35.5 Å². The Morgan fingerprint density at radius 1 is 1.38 bits per heavy atom. The maximum atomic E-state index is 12.6.